The Morgan fingerprint density at radius 3 is 2.64 bits per heavy atom. The van der Waals surface area contributed by atoms with E-state index < -0.39 is 12.0 Å². The number of aromatic hydroxyl groups is 1. The van der Waals surface area contributed by atoms with Crippen LogP contribution in [0.25, 0.3) is 6.08 Å². The molecule has 1 aliphatic rings. The fourth-order valence-electron chi connectivity index (χ4n) is 4.00. The average Bonchev–Trinajstić information content (AvgIpc) is 3.15. The number of thiazole rings is 1. The van der Waals surface area contributed by atoms with Gasteiger partial charge < -0.3 is 19.3 Å². The molecule has 0 amide bonds. The van der Waals surface area contributed by atoms with Crippen LogP contribution in [0.4, 0.5) is 0 Å². The Labute approximate surface area is 219 Å². The molecule has 2 heterocycles. The second-order valence-corrected chi connectivity index (χ2v) is 9.72. The number of nitrogens with zero attached hydrogens (tertiary/aromatic N) is 2. The Morgan fingerprint density at radius 1 is 1.19 bits per heavy atom. The second-order valence-electron chi connectivity index (χ2n) is 7.86. The number of halogens is 1. The summed E-state index contributed by atoms with van der Waals surface area (Å²) in [7, 11) is 1.55. The Balaban J connectivity index is 1.96. The van der Waals surface area contributed by atoms with Gasteiger partial charge in [0.25, 0.3) is 5.56 Å². The Kier molecular flexibility index (Phi) is 7.65. The average molecular weight is 573 g/mol. The molecule has 10 heteroatoms. The van der Waals surface area contributed by atoms with E-state index >= 15 is 0 Å². The predicted molar refractivity (Wildman–Crippen MR) is 140 cm³/mol. The van der Waals surface area contributed by atoms with Gasteiger partial charge in [0.1, 0.15) is 5.75 Å². The first kappa shape index (κ1) is 25.7. The van der Waals surface area contributed by atoms with Crippen molar-refractivity contribution < 1.29 is 24.1 Å². The smallest absolute Gasteiger partial charge is 0.338 e. The van der Waals surface area contributed by atoms with Crippen molar-refractivity contribution in [2.24, 2.45) is 4.99 Å². The zero-order chi connectivity index (χ0) is 26.0. The SMILES string of the molecule is CCOC(=O)C1=C(C)N=c2s/c(=C\c3ccc(O)c(Br)c3)c(=O)n2C1c1ccc(OC)c(OCC)c1. The van der Waals surface area contributed by atoms with Gasteiger partial charge in [0.15, 0.2) is 16.3 Å². The molecule has 0 radical (unpaired) electrons. The normalized spacial score (nSPS) is 15.4. The molecule has 0 saturated carbocycles. The number of aromatic nitrogens is 1. The summed E-state index contributed by atoms with van der Waals surface area (Å²) >= 11 is 4.53. The summed E-state index contributed by atoms with van der Waals surface area (Å²) < 4.78 is 19.0. The van der Waals surface area contributed by atoms with Crippen LogP contribution >= 0.6 is 27.3 Å². The lowest BCUT2D eigenvalue weighted by Crippen LogP contribution is -2.40. The van der Waals surface area contributed by atoms with Crippen molar-refractivity contribution in [2.75, 3.05) is 20.3 Å². The Morgan fingerprint density at radius 2 is 1.97 bits per heavy atom. The van der Waals surface area contributed by atoms with Crippen molar-refractivity contribution in [3.63, 3.8) is 0 Å². The van der Waals surface area contributed by atoms with E-state index in [-0.39, 0.29) is 23.5 Å². The molecule has 0 bridgehead atoms. The number of carbonyl (C=O) groups excluding carboxylic acids is 1. The van der Waals surface area contributed by atoms with Gasteiger partial charge in [-0.05, 0) is 78.2 Å². The van der Waals surface area contributed by atoms with E-state index in [1.165, 1.54) is 15.9 Å². The number of benzene rings is 2. The lowest BCUT2D eigenvalue weighted by atomic mass is 9.95. The molecule has 2 aromatic carbocycles. The molecule has 36 heavy (non-hydrogen) atoms. The number of phenolic OH excluding ortho intramolecular Hbond substituents is 1. The topological polar surface area (TPSA) is 99.4 Å². The minimum absolute atomic E-state index is 0.105. The van der Waals surface area contributed by atoms with Gasteiger partial charge in [-0.25, -0.2) is 9.79 Å². The first-order valence-electron chi connectivity index (χ1n) is 11.3. The maximum Gasteiger partial charge on any atom is 0.338 e. The molecular weight excluding hydrogens is 548 g/mol. The molecule has 1 aromatic heterocycles. The van der Waals surface area contributed by atoms with Crippen molar-refractivity contribution >= 4 is 39.3 Å². The number of carbonyl (C=O) groups is 1. The van der Waals surface area contributed by atoms with Crippen LogP contribution in [0, 0.1) is 0 Å². The molecule has 0 spiro atoms. The summed E-state index contributed by atoms with van der Waals surface area (Å²) in [6.45, 7) is 5.94. The Hall–Kier alpha value is -3.37. The predicted octanol–water partition coefficient (Wildman–Crippen LogP) is 3.67. The lowest BCUT2D eigenvalue weighted by Gasteiger charge is -2.25. The third kappa shape index (κ3) is 4.83. The van der Waals surface area contributed by atoms with Gasteiger partial charge in [-0.3, -0.25) is 9.36 Å². The highest BCUT2D eigenvalue weighted by Crippen LogP contribution is 2.36. The lowest BCUT2D eigenvalue weighted by molar-refractivity contribution is -0.139. The molecule has 1 unspecified atom stereocenters. The highest BCUT2D eigenvalue weighted by Gasteiger charge is 2.34. The minimum atomic E-state index is -0.765. The number of hydrogen-bond acceptors (Lipinski definition) is 8. The van der Waals surface area contributed by atoms with Gasteiger partial charge in [0.05, 0.1) is 46.6 Å². The van der Waals surface area contributed by atoms with Crippen molar-refractivity contribution in [1.82, 2.24) is 4.57 Å². The van der Waals surface area contributed by atoms with E-state index in [0.29, 0.717) is 43.2 Å². The van der Waals surface area contributed by atoms with Crippen LogP contribution in [-0.2, 0) is 9.53 Å². The largest absolute Gasteiger partial charge is 0.507 e. The quantitative estimate of drug-likeness (QED) is 0.434. The number of rotatable bonds is 7. The fraction of sp³-hybridized carbons (Fsp3) is 0.269. The van der Waals surface area contributed by atoms with Gasteiger partial charge in [-0.1, -0.05) is 23.5 Å². The zero-order valence-electron chi connectivity index (χ0n) is 20.2. The summed E-state index contributed by atoms with van der Waals surface area (Å²) in [5.74, 6) is 0.623. The van der Waals surface area contributed by atoms with Crippen molar-refractivity contribution in [1.29, 1.82) is 0 Å². The number of hydrogen-bond donors (Lipinski definition) is 1. The number of allylic oxidation sites excluding steroid dienone is 1. The third-order valence-electron chi connectivity index (χ3n) is 5.59. The molecule has 3 aromatic rings. The van der Waals surface area contributed by atoms with E-state index in [1.807, 2.05) is 6.92 Å². The van der Waals surface area contributed by atoms with Crippen molar-refractivity contribution in [3.05, 3.63) is 83.0 Å². The molecule has 0 saturated heterocycles. The molecule has 8 nitrogen and oxygen atoms in total. The molecule has 1 N–H and O–H groups in total. The van der Waals surface area contributed by atoms with Crippen LogP contribution in [0.2, 0.25) is 0 Å². The van der Waals surface area contributed by atoms with Gasteiger partial charge in [0.2, 0.25) is 0 Å². The number of fused-ring (bicyclic) bond motifs is 1. The summed E-state index contributed by atoms with van der Waals surface area (Å²) in [5.41, 5.74) is 1.86. The maximum absolute atomic E-state index is 13.7. The molecule has 4 rings (SSSR count). The number of esters is 1. The molecule has 1 aliphatic heterocycles. The van der Waals surface area contributed by atoms with Gasteiger partial charge in [0, 0.05) is 0 Å². The second kappa shape index (κ2) is 10.7. The maximum atomic E-state index is 13.7. The van der Waals surface area contributed by atoms with Crippen LogP contribution in [0.1, 0.15) is 37.9 Å². The van der Waals surface area contributed by atoms with Gasteiger partial charge in [-0.2, -0.15) is 0 Å². The van der Waals surface area contributed by atoms with Crippen LogP contribution in [0.15, 0.2) is 61.9 Å². The van der Waals surface area contributed by atoms with Crippen LogP contribution in [0.5, 0.6) is 17.2 Å². The first-order valence-corrected chi connectivity index (χ1v) is 12.9. The van der Waals surface area contributed by atoms with Gasteiger partial charge >= 0.3 is 5.97 Å². The van der Waals surface area contributed by atoms with Gasteiger partial charge in [-0.15, -0.1) is 0 Å². The van der Waals surface area contributed by atoms with Crippen LogP contribution in [0.3, 0.4) is 0 Å². The summed E-state index contributed by atoms with van der Waals surface area (Å²) in [6, 6.07) is 9.55. The molecule has 0 aliphatic carbocycles. The monoisotopic (exact) mass is 572 g/mol. The minimum Gasteiger partial charge on any atom is -0.507 e. The van der Waals surface area contributed by atoms with E-state index in [4.69, 9.17) is 14.2 Å². The van der Waals surface area contributed by atoms with Crippen molar-refractivity contribution in [3.8, 4) is 17.2 Å². The van der Waals surface area contributed by atoms with E-state index in [1.54, 1.807) is 63.4 Å². The molecular formula is C26H25BrN2O6S. The first-order chi connectivity index (χ1) is 17.3. The van der Waals surface area contributed by atoms with Crippen LogP contribution < -0.4 is 24.4 Å². The molecule has 0 fully saturated rings. The standard InChI is InChI=1S/C26H25BrN2O6S/c1-5-34-20-13-16(8-10-19(20)33-4)23-22(25(32)35-6-2)14(3)28-26-29(23)24(31)21(36-26)12-15-7-9-18(30)17(27)11-15/h7-13,23,30H,5-6H2,1-4H3/b21-12-. The zero-order valence-corrected chi connectivity index (χ0v) is 22.6. The van der Waals surface area contributed by atoms with E-state index in [9.17, 15) is 14.7 Å². The van der Waals surface area contributed by atoms with Crippen LogP contribution in [-0.4, -0.2) is 36.0 Å². The highest BCUT2D eigenvalue weighted by atomic mass is 79.9. The number of ether oxygens (including phenoxy) is 3. The Bertz CT molecular complexity index is 1540. The molecule has 188 valence electrons. The summed E-state index contributed by atoms with van der Waals surface area (Å²) in [6.07, 6.45) is 1.73. The summed E-state index contributed by atoms with van der Waals surface area (Å²) in [5, 5.41) is 9.80. The van der Waals surface area contributed by atoms with Crippen molar-refractivity contribution in [2.45, 2.75) is 26.8 Å². The number of phenols is 1. The third-order valence-corrected chi connectivity index (χ3v) is 7.21. The molecule has 1 atom stereocenters. The summed E-state index contributed by atoms with van der Waals surface area (Å²) in [4.78, 5) is 31.8. The fourth-order valence-corrected chi connectivity index (χ4v) is 5.45. The van der Waals surface area contributed by atoms with E-state index in [0.717, 1.165) is 5.56 Å². The number of methoxy groups -OCH3 is 1. The van der Waals surface area contributed by atoms with E-state index in [2.05, 4.69) is 20.9 Å². The highest BCUT2D eigenvalue weighted by molar-refractivity contribution is 9.10.